The maximum atomic E-state index is 11.6. The Morgan fingerprint density at radius 1 is 0.618 bits per heavy atom. The van der Waals surface area contributed by atoms with Crippen LogP contribution in [0.4, 0.5) is 0 Å². The van der Waals surface area contributed by atoms with E-state index in [2.05, 4.69) is 31.4 Å². The lowest BCUT2D eigenvalue weighted by molar-refractivity contribution is -0.122. The smallest absolute Gasteiger partial charge is 0.222 e. The highest BCUT2D eigenvalue weighted by Gasteiger charge is 2.00. The van der Waals surface area contributed by atoms with Crippen molar-refractivity contribution in [2.45, 2.75) is 66.3 Å². The second-order valence-electron chi connectivity index (χ2n) is 7.59. The Bertz CT molecular complexity index is 388. The highest BCUT2D eigenvalue weighted by molar-refractivity contribution is 5.75. The van der Waals surface area contributed by atoms with E-state index in [1.807, 2.05) is 13.8 Å². The molecule has 0 rings (SSSR count). The zero-order valence-corrected chi connectivity index (χ0v) is 22.7. The number of amides is 1. The third-order valence-corrected chi connectivity index (χ3v) is 4.23. The maximum Gasteiger partial charge on any atom is 0.222 e. The summed E-state index contributed by atoms with van der Waals surface area (Å²) in [6.45, 7) is 18.4. The fraction of sp³-hybridized carbons (Fsp3) is 0.960. The molecule has 2 N–H and O–H groups in total. The lowest BCUT2D eigenvalue weighted by Gasteiger charge is -2.09. The minimum atomic E-state index is 0.0449. The Morgan fingerprint density at radius 2 is 1.03 bits per heavy atom. The van der Waals surface area contributed by atoms with Crippen molar-refractivity contribution < 1.29 is 33.2 Å². The van der Waals surface area contributed by atoms with Gasteiger partial charge in [0.05, 0.1) is 79.3 Å². The number of unbranched alkanes of at least 4 members (excludes halogenated alkanes) is 2. The van der Waals surface area contributed by atoms with Gasteiger partial charge in [-0.3, -0.25) is 4.79 Å². The van der Waals surface area contributed by atoms with Gasteiger partial charge >= 0.3 is 0 Å². The molecule has 0 aliphatic carbocycles. The van der Waals surface area contributed by atoms with Crippen molar-refractivity contribution in [1.29, 1.82) is 0 Å². The quantitative estimate of drug-likeness (QED) is 0.177. The summed E-state index contributed by atoms with van der Waals surface area (Å²) in [6, 6.07) is 0.486. The van der Waals surface area contributed by atoms with Crippen LogP contribution in [0.2, 0.25) is 0 Å². The molecular weight excluding hydrogens is 440 g/mol. The van der Waals surface area contributed by atoms with Crippen molar-refractivity contribution in [3.63, 3.8) is 0 Å². The fourth-order valence-electron chi connectivity index (χ4n) is 2.48. The molecule has 9 heteroatoms. The van der Waals surface area contributed by atoms with E-state index in [-0.39, 0.29) is 5.91 Å². The van der Waals surface area contributed by atoms with Crippen LogP contribution in [-0.4, -0.2) is 104 Å². The number of rotatable bonds is 26. The van der Waals surface area contributed by atoms with E-state index >= 15 is 0 Å². The second-order valence-corrected chi connectivity index (χ2v) is 7.59. The van der Waals surface area contributed by atoms with Gasteiger partial charge in [0.2, 0.25) is 5.91 Å². The normalized spacial score (nSPS) is 10.9. The summed E-state index contributed by atoms with van der Waals surface area (Å²) in [5.41, 5.74) is 0. The molecule has 0 atom stereocenters. The van der Waals surface area contributed by atoms with E-state index < -0.39 is 0 Å². The van der Waals surface area contributed by atoms with Gasteiger partial charge in [-0.25, -0.2) is 0 Å². The highest BCUT2D eigenvalue weighted by Crippen LogP contribution is 1.92. The van der Waals surface area contributed by atoms with Crippen molar-refractivity contribution in [2.75, 3.05) is 92.4 Å². The van der Waals surface area contributed by atoms with E-state index in [9.17, 15) is 4.79 Å². The van der Waals surface area contributed by atoms with E-state index in [0.717, 1.165) is 32.4 Å². The van der Waals surface area contributed by atoms with Crippen molar-refractivity contribution in [2.24, 2.45) is 0 Å². The minimum Gasteiger partial charge on any atom is -0.379 e. The molecule has 0 spiro atoms. The van der Waals surface area contributed by atoms with Crippen molar-refractivity contribution >= 4 is 5.91 Å². The van der Waals surface area contributed by atoms with Gasteiger partial charge in [-0.2, -0.15) is 0 Å². The van der Waals surface area contributed by atoms with Gasteiger partial charge in [-0.05, 0) is 6.42 Å². The summed E-state index contributed by atoms with van der Waals surface area (Å²) >= 11 is 0. The Balaban J connectivity index is 0. The largest absolute Gasteiger partial charge is 0.379 e. The number of nitrogens with one attached hydrogen (secondary N) is 2. The van der Waals surface area contributed by atoms with E-state index in [4.69, 9.17) is 28.4 Å². The Morgan fingerprint density at radius 3 is 1.44 bits per heavy atom. The van der Waals surface area contributed by atoms with Gasteiger partial charge in [0.25, 0.3) is 0 Å². The monoisotopic (exact) mass is 494 g/mol. The van der Waals surface area contributed by atoms with E-state index in [1.54, 1.807) is 0 Å². The van der Waals surface area contributed by atoms with Crippen LogP contribution in [0.1, 0.15) is 60.3 Å². The van der Waals surface area contributed by atoms with Crippen LogP contribution >= 0.6 is 0 Å². The molecule has 0 aliphatic heterocycles. The molecule has 206 valence electrons. The number of hydrogen-bond acceptors (Lipinski definition) is 8. The molecule has 0 heterocycles. The first kappa shape index (κ1) is 35.4. The first-order valence-electron chi connectivity index (χ1n) is 13.1. The topological polar surface area (TPSA) is 96.5 Å². The van der Waals surface area contributed by atoms with E-state index in [0.29, 0.717) is 91.7 Å². The molecule has 0 unspecified atom stereocenters. The van der Waals surface area contributed by atoms with Gasteiger partial charge in [-0.1, -0.05) is 47.5 Å². The molecule has 9 nitrogen and oxygen atoms in total. The number of ether oxygens (including phenoxy) is 6. The molecule has 0 radical (unpaired) electrons. The molecule has 0 aromatic heterocycles. The zero-order valence-electron chi connectivity index (χ0n) is 22.7. The molecule has 0 saturated carbocycles. The van der Waals surface area contributed by atoms with Crippen molar-refractivity contribution in [1.82, 2.24) is 10.6 Å². The third kappa shape index (κ3) is 33.4. The van der Waals surface area contributed by atoms with Crippen molar-refractivity contribution in [3.05, 3.63) is 0 Å². The van der Waals surface area contributed by atoms with Crippen LogP contribution in [0.15, 0.2) is 0 Å². The standard InChI is InChI=1S/C23H48N2O7.C2H6/c1-4-5-6-8-25-23(26)7-10-27-12-14-29-16-18-31-20-21-32-19-17-30-15-13-28-11-9-24-22(2)3;1-2/h22,24H,4-21H2,1-3H3,(H,25,26);1-2H3. The SMILES string of the molecule is CC.CCCCCNC(=O)CCOCCOCCOCCOCCOCCOCCNC(C)C. The summed E-state index contributed by atoms with van der Waals surface area (Å²) in [6.07, 6.45) is 3.73. The summed E-state index contributed by atoms with van der Waals surface area (Å²) in [7, 11) is 0. The molecular formula is C25H54N2O7. The van der Waals surface area contributed by atoms with Gasteiger partial charge in [0.1, 0.15) is 0 Å². The summed E-state index contributed by atoms with van der Waals surface area (Å²) in [4.78, 5) is 11.6. The van der Waals surface area contributed by atoms with Crippen LogP contribution in [0.3, 0.4) is 0 Å². The molecule has 0 saturated heterocycles. The Kier molecular flexibility index (Phi) is 33.5. The summed E-state index contributed by atoms with van der Waals surface area (Å²) in [5.74, 6) is 0.0449. The van der Waals surface area contributed by atoms with Crippen LogP contribution in [0, 0.1) is 0 Å². The van der Waals surface area contributed by atoms with Gasteiger partial charge in [0.15, 0.2) is 0 Å². The predicted octanol–water partition coefficient (Wildman–Crippen LogP) is 2.81. The molecule has 0 fully saturated rings. The first-order chi connectivity index (χ1) is 16.7. The second kappa shape index (κ2) is 32.2. The lowest BCUT2D eigenvalue weighted by atomic mass is 10.2. The Labute approximate surface area is 208 Å². The minimum absolute atomic E-state index is 0.0449. The molecule has 0 bridgehead atoms. The lowest BCUT2D eigenvalue weighted by Crippen LogP contribution is -2.27. The van der Waals surface area contributed by atoms with Gasteiger partial charge in [-0.15, -0.1) is 0 Å². The van der Waals surface area contributed by atoms with Crippen LogP contribution in [-0.2, 0) is 33.2 Å². The van der Waals surface area contributed by atoms with Crippen LogP contribution < -0.4 is 10.6 Å². The van der Waals surface area contributed by atoms with Gasteiger partial charge < -0.3 is 39.1 Å². The van der Waals surface area contributed by atoms with Gasteiger partial charge in [0, 0.05) is 25.6 Å². The fourth-order valence-corrected chi connectivity index (χ4v) is 2.48. The summed E-state index contributed by atoms with van der Waals surface area (Å²) < 4.78 is 32.6. The average Bonchev–Trinajstić information content (AvgIpc) is 2.84. The van der Waals surface area contributed by atoms with Crippen LogP contribution in [0.25, 0.3) is 0 Å². The average molecular weight is 495 g/mol. The maximum absolute atomic E-state index is 11.6. The highest BCUT2D eigenvalue weighted by atomic mass is 16.6. The molecule has 1 amide bonds. The zero-order chi connectivity index (χ0) is 25.5. The number of carbonyl (C=O) groups excluding carboxylic acids is 1. The van der Waals surface area contributed by atoms with Crippen molar-refractivity contribution in [3.8, 4) is 0 Å². The first-order valence-corrected chi connectivity index (χ1v) is 13.1. The number of carbonyl (C=O) groups is 1. The van der Waals surface area contributed by atoms with Crippen LogP contribution in [0.5, 0.6) is 0 Å². The third-order valence-electron chi connectivity index (χ3n) is 4.23. The van der Waals surface area contributed by atoms with E-state index in [1.165, 1.54) is 0 Å². The Hall–Kier alpha value is -0.810. The molecule has 0 aromatic rings. The number of hydrogen-bond donors (Lipinski definition) is 2. The predicted molar refractivity (Wildman–Crippen MR) is 137 cm³/mol. The molecule has 0 aliphatic rings. The molecule has 34 heavy (non-hydrogen) atoms. The molecule has 0 aromatic carbocycles. The summed E-state index contributed by atoms with van der Waals surface area (Å²) in [5, 5.41) is 6.18.